The van der Waals surface area contributed by atoms with Crippen molar-refractivity contribution in [2.75, 3.05) is 7.05 Å². The first-order valence-corrected chi connectivity index (χ1v) is 7.74. The van der Waals surface area contributed by atoms with Gasteiger partial charge in [0.1, 0.15) is 0 Å². The molecule has 1 unspecified atom stereocenters. The average molecular weight is 287 g/mol. The third kappa shape index (κ3) is 4.14. The SMILES string of the molecule is CCCC(Cc1nc(-c2ccc(C(C)C)cc2)no1)NC. The van der Waals surface area contributed by atoms with Crippen molar-refractivity contribution in [3.05, 3.63) is 35.7 Å². The van der Waals surface area contributed by atoms with Crippen molar-refractivity contribution in [3.63, 3.8) is 0 Å². The van der Waals surface area contributed by atoms with E-state index in [1.54, 1.807) is 0 Å². The molecule has 2 rings (SSSR count). The number of benzene rings is 1. The van der Waals surface area contributed by atoms with Gasteiger partial charge in [-0.3, -0.25) is 0 Å². The highest BCUT2D eigenvalue weighted by Gasteiger charge is 2.13. The maximum atomic E-state index is 5.37. The van der Waals surface area contributed by atoms with Gasteiger partial charge in [0.15, 0.2) is 0 Å². The van der Waals surface area contributed by atoms with Crippen LogP contribution in [0.1, 0.15) is 51.0 Å². The van der Waals surface area contributed by atoms with Crippen LogP contribution in [-0.2, 0) is 6.42 Å². The molecule has 0 saturated carbocycles. The minimum absolute atomic E-state index is 0.395. The van der Waals surface area contributed by atoms with Crippen molar-refractivity contribution in [1.29, 1.82) is 0 Å². The van der Waals surface area contributed by atoms with Gasteiger partial charge < -0.3 is 9.84 Å². The molecule has 1 aromatic heterocycles. The average Bonchev–Trinajstić information content (AvgIpc) is 2.95. The lowest BCUT2D eigenvalue weighted by molar-refractivity contribution is 0.356. The van der Waals surface area contributed by atoms with Crippen molar-refractivity contribution in [3.8, 4) is 11.4 Å². The molecule has 2 aromatic rings. The lowest BCUT2D eigenvalue weighted by Gasteiger charge is -2.11. The molecule has 1 heterocycles. The summed E-state index contributed by atoms with van der Waals surface area (Å²) < 4.78 is 5.37. The first-order chi connectivity index (χ1) is 10.1. The smallest absolute Gasteiger partial charge is 0.228 e. The summed E-state index contributed by atoms with van der Waals surface area (Å²) in [5, 5.41) is 7.39. The summed E-state index contributed by atoms with van der Waals surface area (Å²) in [6, 6.07) is 8.77. The number of hydrogen-bond acceptors (Lipinski definition) is 4. The van der Waals surface area contributed by atoms with Crippen LogP contribution in [0.4, 0.5) is 0 Å². The standard InChI is InChI=1S/C17H25N3O/c1-5-6-15(18-4)11-16-19-17(20-21-16)14-9-7-13(8-10-14)12(2)3/h7-10,12,15,18H,5-6,11H2,1-4H3. The molecule has 4 heteroatoms. The summed E-state index contributed by atoms with van der Waals surface area (Å²) in [4.78, 5) is 4.51. The Balaban J connectivity index is 2.08. The van der Waals surface area contributed by atoms with Crippen LogP contribution in [0, 0.1) is 0 Å². The van der Waals surface area contributed by atoms with Crippen LogP contribution in [0.25, 0.3) is 11.4 Å². The monoisotopic (exact) mass is 287 g/mol. The Morgan fingerprint density at radius 2 is 1.90 bits per heavy atom. The number of aromatic nitrogens is 2. The lowest BCUT2D eigenvalue weighted by atomic mass is 10.0. The molecule has 0 fully saturated rings. The molecule has 0 aliphatic rings. The van der Waals surface area contributed by atoms with Gasteiger partial charge in [0.05, 0.1) is 0 Å². The zero-order valence-corrected chi connectivity index (χ0v) is 13.4. The van der Waals surface area contributed by atoms with E-state index in [-0.39, 0.29) is 0 Å². The normalized spacial score (nSPS) is 12.8. The molecular formula is C17H25N3O. The highest BCUT2D eigenvalue weighted by atomic mass is 16.5. The number of nitrogens with zero attached hydrogens (tertiary/aromatic N) is 2. The molecule has 0 amide bonds. The number of nitrogens with one attached hydrogen (secondary N) is 1. The zero-order valence-electron chi connectivity index (χ0n) is 13.4. The second-order valence-corrected chi connectivity index (χ2v) is 5.77. The summed E-state index contributed by atoms with van der Waals surface area (Å²) in [5.74, 6) is 1.91. The molecule has 0 aliphatic heterocycles. The maximum absolute atomic E-state index is 5.37. The van der Waals surface area contributed by atoms with Gasteiger partial charge in [0.25, 0.3) is 0 Å². The first kappa shape index (κ1) is 15.7. The van der Waals surface area contributed by atoms with E-state index in [0.717, 1.165) is 24.8 Å². The van der Waals surface area contributed by atoms with Crippen molar-refractivity contribution in [2.24, 2.45) is 0 Å². The maximum Gasteiger partial charge on any atom is 0.228 e. The summed E-state index contributed by atoms with van der Waals surface area (Å²) in [6.45, 7) is 6.56. The topological polar surface area (TPSA) is 51.0 Å². The van der Waals surface area contributed by atoms with Gasteiger partial charge in [0.2, 0.25) is 11.7 Å². The minimum atomic E-state index is 0.395. The highest BCUT2D eigenvalue weighted by Crippen LogP contribution is 2.21. The van der Waals surface area contributed by atoms with Crippen LogP contribution < -0.4 is 5.32 Å². The van der Waals surface area contributed by atoms with E-state index in [0.29, 0.717) is 23.7 Å². The van der Waals surface area contributed by atoms with Gasteiger partial charge >= 0.3 is 0 Å². The predicted molar refractivity (Wildman–Crippen MR) is 85.3 cm³/mol. The second-order valence-electron chi connectivity index (χ2n) is 5.77. The Labute approximate surface area is 127 Å². The number of hydrogen-bond donors (Lipinski definition) is 1. The predicted octanol–water partition coefficient (Wildman–Crippen LogP) is 3.79. The van der Waals surface area contributed by atoms with Crippen LogP contribution in [0.15, 0.2) is 28.8 Å². The molecule has 0 saturated heterocycles. The molecule has 1 N–H and O–H groups in total. The van der Waals surface area contributed by atoms with Crippen LogP contribution in [0.3, 0.4) is 0 Å². The van der Waals surface area contributed by atoms with E-state index in [2.05, 4.69) is 60.5 Å². The molecule has 0 spiro atoms. The molecule has 21 heavy (non-hydrogen) atoms. The largest absolute Gasteiger partial charge is 0.339 e. The van der Waals surface area contributed by atoms with E-state index in [4.69, 9.17) is 4.52 Å². The molecule has 0 radical (unpaired) electrons. The molecular weight excluding hydrogens is 262 g/mol. The molecule has 1 atom stereocenters. The van der Waals surface area contributed by atoms with E-state index in [1.807, 2.05) is 7.05 Å². The lowest BCUT2D eigenvalue weighted by Crippen LogP contribution is -2.27. The Bertz CT molecular complexity index is 545. The van der Waals surface area contributed by atoms with Gasteiger partial charge in [-0.15, -0.1) is 0 Å². The van der Waals surface area contributed by atoms with Gasteiger partial charge in [-0.05, 0) is 24.9 Å². The summed E-state index contributed by atoms with van der Waals surface area (Å²) >= 11 is 0. The van der Waals surface area contributed by atoms with Gasteiger partial charge in [-0.25, -0.2) is 0 Å². The Hall–Kier alpha value is -1.68. The Morgan fingerprint density at radius 1 is 1.19 bits per heavy atom. The summed E-state index contributed by atoms with van der Waals surface area (Å²) in [6.07, 6.45) is 3.03. The molecule has 4 nitrogen and oxygen atoms in total. The van der Waals surface area contributed by atoms with E-state index in [1.165, 1.54) is 5.56 Å². The summed E-state index contributed by atoms with van der Waals surface area (Å²) in [5.41, 5.74) is 2.33. The van der Waals surface area contributed by atoms with E-state index < -0.39 is 0 Å². The first-order valence-electron chi connectivity index (χ1n) is 7.74. The molecule has 1 aromatic carbocycles. The van der Waals surface area contributed by atoms with Crippen molar-refractivity contribution < 1.29 is 4.52 Å². The van der Waals surface area contributed by atoms with Crippen LogP contribution in [0.5, 0.6) is 0 Å². The fourth-order valence-corrected chi connectivity index (χ4v) is 2.38. The molecule has 0 aliphatic carbocycles. The van der Waals surface area contributed by atoms with Gasteiger partial charge in [-0.2, -0.15) is 4.98 Å². The van der Waals surface area contributed by atoms with Gasteiger partial charge in [0, 0.05) is 18.0 Å². The number of rotatable bonds is 7. The zero-order chi connectivity index (χ0) is 15.2. The van der Waals surface area contributed by atoms with Gasteiger partial charge in [-0.1, -0.05) is 56.6 Å². The third-order valence-electron chi connectivity index (χ3n) is 3.77. The van der Waals surface area contributed by atoms with Crippen LogP contribution in [0.2, 0.25) is 0 Å². The van der Waals surface area contributed by atoms with Crippen LogP contribution >= 0.6 is 0 Å². The summed E-state index contributed by atoms with van der Waals surface area (Å²) in [7, 11) is 1.97. The third-order valence-corrected chi connectivity index (χ3v) is 3.77. The number of likely N-dealkylation sites (N-methyl/N-ethyl adjacent to an activating group) is 1. The Morgan fingerprint density at radius 3 is 2.48 bits per heavy atom. The quantitative estimate of drug-likeness (QED) is 0.841. The molecule has 114 valence electrons. The highest BCUT2D eigenvalue weighted by molar-refractivity contribution is 5.54. The van der Waals surface area contributed by atoms with Crippen LogP contribution in [-0.4, -0.2) is 23.2 Å². The molecule has 0 bridgehead atoms. The van der Waals surface area contributed by atoms with Crippen molar-refractivity contribution >= 4 is 0 Å². The van der Waals surface area contributed by atoms with Crippen molar-refractivity contribution in [2.45, 2.75) is 52.0 Å². The van der Waals surface area contributed by atoms with E-state index >= 15 is 0 Å². The fourth-order valence-electron chi connectivity index (χ4n) is 2.38. The van der Waals surface area contributed by atoms with Crippen molar-refractivity contribution in [1.82, 2.24) is 15.5 Å². The Kier molecular flexibility index (Phi) is 5.51. The second kappa shape index (κ2) is 7.36. The van der Waals surface area contributed by atoms with E-state index in [9.17, 15) is 0 Å². The fraction of sp³-hybridized carbons (Fsp3) is 0.529. The minimum Gasteiger partial charge on any atom is -0.339 e.